The van der Waals surface area contributed by atoms with Gasteiger partial charge in [-0.15, -0.1) is 5.10 Å². The van der Waals surface area contributed by atoms with Gasteiger partial charge in [0.1, 0.15) is 0 Å². The minimum atomic E-state index is 0.448. The standard InChI is InChI=1S/C11H14N4O2/c12-9-2-1-4-15-10(9)13-14-11(15)17-7-8-3-5-16-6-8/h1-2,4,8H,3,5-7,12H2. The zero-order valence-corrected chi connectivity index (χ0v) is 9.37. The van der Waals surface area contributed by atoms with E-state index in [0.717, 1.165) is 19.6 Å². The van der Waals surface area contributed by atoms with Gasteiger partial charge in [0.25, 0.3) is 0 Å². The minimum absolute atomic E-state index is 0.448. The van der Waals surface area contributed by atoms with Gasteiger partial charge in [-0.25, -0.2) is 0 Å². The Bertz CT molecular complexity index is 519. The molecule has 0 aliphatic carbocycles. The summed E-state index contributed by atoms with van der Waals surface area (Å²) in [7, 11) is 0. The molecule has 6 nitrogen and oxygen atoms in total. The number of nitrogen functional groups attached to an aromatic ring is 1. The Labute approximate surface area is 98.3 Å². The van der Waals surface area contributed by atoms with E-state index in [-0.39, 0.29) is 0 Å². The van der Waals surface area contributed by atoms with Crippen molar-refractivity contribution in [3.8, 4) is 6.01 Å². The molecule has 1 aliphatic heterocycles. The van der Waals surface area contributed by atoms with Crippen LogP contribution < -0.4 is 10.5 Å². The predicted octanol–water partition coefficient (Wildman–Crippen LogP) is 0.727. The van der Waals surface area contributed by atoms with E-state index in [1.807, 2.05) is 12.3 Å². The van der Waals surface area contributed by atoms with Crippen molar-refractivity contribution in [2.45, 2.75) is 6.42 Å². The van der Waals surface area contributed by atoms with E-state index in [0.29, 0.717) is 29.9 Å². The highest BCUT2D eigenvalue weighted by Gasteiger charge is 2.17. The number of hydrogen-bond acceptors (Lipinski definition) is 5. The normalized spacial score (nSPS) is 19.9. The number of pyridine rings is 1. The maximum Gasteiger partial charge on any atom is 0.321 e. The summed E-state index contributed by atoms with van der Waals surface area (Å²) >= 11 is 0. The van der Waals surface area contributed by atoms with Crippen LogP contribution in [-0.2, 0) is 4.74 Å². The van der Waals surface area contributed by atoms with E-state index in [1.54, 1.807) is 10.5 Å². The molecule has 17 heavy (non-hydrogen) atoms. The van der Waals surface area contributed by atoms with Crippen molar-refractivity contribution in [3.05, 3.63) is 18.3 Å². The van der Waals surface area contributed by atoms with Gasteiger partial charge in [0.15, 0.2) is 5.65 Å². The van der Waals surface area contributed by atoms with Crippen LogP contribution in [0.3, 0.4) is 0 Å². The average molecular weight is 234 g/mol. The zero-order chi connectivity index (χ0) is 11.7. The highest BCUT2D eigenvalue weighted by Crippen LogP contribution is 2.18. The van der Waals surface area contributed by atoms with Gasteiger partial charge in [-0.2, -0.15) is 0 Å². The first-order valence-electron chi connectivity index (χ1n) is 5.64. The Morgan fingerprint density at radius 1 is 1.53 bits per heavy atom. The molecule has 6 heteroatoms. The van der Waals surface area contributed by atoms with E-state index < -0.39 is 0 Å². The third-order valence-corrected chi connectivity index (χ3v) is 2.91. The molecule has 0 spiro atoms. The molecule has 1 fully saturated rings. The number of rotatable bonds is 3. The van der Waals surface area contributed by atoms with Crippen LogP contribution in [0.25, 0.3) is 5.65 Å². The molecule has 1 atom stereocenters. The molecule has 2 N–H and O–H groups in total. The minimum Gasteiger partial charge on any atom is -0.463 e. The highest BCUT2D eigenvalue weighted by molar-refractivity contribution is 5.64. The van der Waals surface area contributed by atoms with E-state index in [1.165, 1.54) is 0 Å². The topological polar surface area (TPSA) is 74.7 Å². The molecule has 1 saturated heterocycles. The van der Waals surface area contributed by atoms with Crippen LogP contribution in [0.2, 0.25) is 0 Å². The molecule has 2 aromatic rings. The molecular formula is C11H14N4O2. The van der Waals surface area contributed by atoms with Crippen molar-refractivity contribution < 1.29 is 9.47 Å². The van der Waals surface area contributed by atoms with Crippen LogP contribution in [0.1, 0.15) is 6.42 Å². The fourth-order valence-electron chi connectivity index (χ4n) is 1.92. The van der Waals surface area contributed by atoms with Crippen LogP contribution in [0.5, 0.6) is 6.01 Å². The maximum atomic E-state index is 5.79. The first kappa shape index (κ1) is 10.3. The first-order valence-corrected chi connectivity index (χ1v) is 5.64. The molecule has 3 heterocycles. The number of hydrogen-bond donors (Lipinski definition) is 1. The van der Waals surface area contributed by atoms with Crippen LogP contribution in [0, 0.1) is 5.92 Å². The Kier molecular flexibility index (Phi) is 2.56. The summed E-state index contributed by atoms with van der Waals surface area (Å²) in [4.78, 5) is 0. The Hall–Kier alpha value is -1.82. The van der Waals surface area contributed by atoms with Gasteiger partial charge < -0.3 is 15.2 Å². The van der Waals surface area contributed by atoms with Crippen LogP contribution in [0.15, 0.2) is 18.3 Å². The molecule has 0 bridgehead atoms. The quantitative estimate of drug-likeness (QED) is 0.847. The monoisotopic (exact) mass is 234 g/mol. The number of fused-ring (bicyclic) bond motifs is 1. The lowest BCUT2D eigenvalue weighted by Crippen LogP contribution is -2.13. The van der Waals surface area contributed by atoms with Crippen molar-refractivity contribution in [1.82, 2.24) is 14.6 Å². The number of ether oxygens (including phenoxy) is 2. The van der Waals surface area contributed by atoms with E-state index in [4.69, 9.17) is 15.2 Å². The predicted molar refractivity (Wildman–Crippen MR) is 61.8 cm³/mol. The highest BCUT2D eigenvalue weighted by atomic mass is 16.5. The largest absolute Gasteiger partial charge is 0.463 e. The molecule has 0 radical (unpaired) electrons. The molecule has 1 aliphatic rings. The second-order valence-electron chi connectivity index (χ2n) is 4.18. The smallest absolute Gasteiger partial charge is 0.321 e. The van der Waals surface area contributed by atoms with Gasteiger partial charge >= 0.3 is 6.01 Å². The number of anilines is 1. The lowest BCUT2D eigenvalue weighted by Gasteiger charge is -2.08. The molecule has 0 aromatic carbocycles. The Balaban J connectivity index is 1.78. The molecule has 3 rings (SSSR count). The summed E-state index contributed by atoms with van der Waals surface area (Å²) < 4.78 is 12.7. The third kappa shape index (κ3) is 1.91. The Morgan fingerprint density at radius 3 is 3.29 bits per heavy atom. The second kappa shape index (κ2) is 4.21. The fraction of sp³-hybridized carbons (Fsp3) is 0.455. The lowest BCUT2D eigenvalue weighted by molar-refractivity contribution is 0.163. The van der Waals surface area contributed by atoms with Gasteiger partial charge in [-0.1, -0.05) is 5.10 Å². The summed E-state index contributed by atoms with van der Waals surface area (Å²) in [5.41, 5.74) is 7.02. The summed E-state index contributed by atoms with van der Waals surface area (Å²) in [5.74, 6) is 0.448. The summed E-state index contributed by atoms with van der Waals surface area (Å²) in [6, 6.07) is 4.12. The maximum absolute atomic E-state index is 5.79. The molecule has 0 saturated carbocycles. The fourth-order valence-corrected chi connectivity index (χ4v) is 1.92. The van der Waals surface area contributed by atoms with Crippen LogP contribution >= 0.6 is 0 Å². The third-order valence-electron chi connectivity index (χ3n) is 2.91. The van der Waals surface area contributed by atoms with Crippen molar-refractivity contribution in [2.24, 2.45) is 5.92 Å². The summed E-state index contributed by atoms with van der Waals surface area (Å²) in [6.07, 6.45) is 2.88. The van der Waals surface area contributed by atoms with E-state index in [9.17, 15) is 0 Å². The molecule has 0 amide bonds. The molecule has 2 aromatic heterocycles. The van der Waals surface area contributed by atoms with Crippen LogP contribution in [0.4, 0.5) is 5.69 Å². The van der Waals surface area contributed by atoms with E-state index in [2.05, 4.69) is 10.2 Å². The molecule has 90 valence electrons. The number of aromatic nitrogens is 3. The van der Waals surface area contributed by atoms with Crippen molar-refractivity contribution in [2.75, 3.05) is 25.6 Å². The van der Waals surface area contributed by atoms with E-state index >= 15 is 0 Å². The molecule has 1 unspecified atom stereocenters. The van der Waals surface area contributed by atoms with Crippen molar-refractivity contribution in [3.63, 3.8) is 0 Å². The molecular weight excluding hydrogens is 220 g/mol. The van der Waals surface area contributed by atoms with Crippen LogP contribution in [-0.4, -0.2) is 34.4 Å². The first-order chi connectivity index (χ1) is 8.34. The average Bonchev–Trinajstić information content (AvgIpc) is 2.95. The van der Waals surface area contributed by atoms with Crippen molar-refractivity contribution in [1.29, 1.82) is 0 Å². The summed E-state index contributed by atoms with van der Waals surface area (Å²) in [6.45, 7) is 2.19. The number of nitrogens with two attached hydrogens (primary N) is 1. The lowest BCUT2D eigenvalue weighted by atomic mass is 10.1. The van der Waals surface area contributed by atoms with Gasteiger partial charge in [0.05, 0.1) is 18.9 Å². The Morgan fingerprint density at radius 2 is 2.47 bits per heavy atom. The second-order valence-corrected chi connectivity index (χ2v) is 4.18. The summed E-state index contributed by atoms with van der Waals surface area (Å²) in [5, 5.41) is 7.98. The van der Waals surface area contributed by atoms with Gasteiger partial charge in [0.2, 0.25) is 0 Å². The van der Waals surface area contributed by atoms with Gasteiger partial charge in [-0.05, 0) is 18.6 Å². The number of nitrogens with zero attached hydrogens (tertiary/aromatic N) is 3. The van der Waals surface area contributed by atoms with Crippen molar-refractivity contribution >= 4 is 11.3 Å². The van der Waals surface area contributed by atoms with Gasteiger partial charge in [0, 0.05) is 18.7 Å². The zero-order valence-electron chi connectivity index (χ0n) is 9.37. The SMILES string of the molecule is Nc1cccn2c(OCC3CCOC3)nnc12. The van der Waals surface area contributed by atoms with Gasteiger partial charge in [-0.3, -0.25) is 4.40 Å².